The molecule has 1 aliphatic carbocycles. The highest BCUT2D eigenvalue weighted by Gasteiger charge is 2.25. The van der Waals surface area contributed by atoms with Gasteiger partial charge in [0.25, 0.3) is 0 Å². The van der Waals surface area contributed by atoms with E-state index in [2.05, 4.69) is 0 Å². The third-order valence-electron chi connectivity index (χ3n) is 3.70. The second-order valence-corrected chi connectivity index (χ2v) is 5.12. The highest BCUT2D eigenvalue weighted by molar-refractivity contribution is 5.90. The van der Waals surface area contributed by atoms with Crippen LogP contribution in [0.1, 0.15) is 41.6 Å². The summed E-state index contributed by atoms with van der Waals surface area (Å²) in [5.41, 5.74) is 7.91. The molecule has 1 fully saturated rings. The summed E-state index contributed by atoms with van der Waals surface area (Å²) >= 11 is 0. The van der Waals surface area contributed by atoms with Crippen molar-refractivity contribution in [2.24, 2.45) is 0 Å². The molecule has 0 amide bonds. The Morgan fingerprint density at radius 1 is 1.32 bits per heavy atom. The molecule has 1 aromatic rings. The molecule has 1 aliphatic rings. The van der Waals surface area contributed by atoms with Crippen molar-refractivity contribution in [3.05, 3.63) is 29.3 Å². The Hall–Kier alpha value is -1.55. The van der Waals surface area contributed by atoms with Gasteiger partial charge in [-0.05, 0) is 43.9 Å². The van der Waals surface area contributed by atoms with E-state index in [1.165, 1.54) is 0 Å². The Labute approximate surface area is 113 Å². The van der Waals surface area contributed by atoms with Crippen molar-refractivity contribution in [3.63, 3.8) is 0 Å². The first kappa shape index (κ1) is 13.9. The summed E-state index contributed by atoms with van der Waals surface area (Å²) in [5, 5.41) is 0. The van der Waals surface area contributed by atoms with E-state index in [9.17, 15) is 4.79 Å². The normalized spacial score (nSPS) is 23.1. The van der Waals surface area contributed by atoms with Gasteiger partial charge in [0.1, 0.15) is 6.10 Å². The van der Waals surface area contributed by atoms with Gasteiger partial charge >= 0.3 is 5.97 Å². The summed E-state index contributed by atoms with van der Waals surface area (Å²) in [4.78, 5) is 12.1. The van der Waals surface area contributed by atoms with Crippen molar-refractivity contribution in [2.75, 3.05) is 12.8 Å². The molecule has 0 saturated heterocycles. The molecule has 19 heavy (non-hydrogen) atoms. The minimum absolute atomic E-state index is 0.0475. The van der Waals surface area contributed by atoms with Crippen LogP contribution in [0.25, 0.3) is 0 Å². The van der Waals surface area contributed by atoms with Crippen LogP contribution >= 0.6 is 0 Å². The van der Waals surface area contributed by atoms with Gasteiger partial charge in [-0.25, -0.2) is 4.79 Å². The van der Waals surface area contributed by atoms with Crippen molar-refractivity contribution in [1.82, 2.24) is 0 Å². The average Bonchev–Trinajstić information content (AvgIpc) is 2.42. The number of aryl methyl sites for hydroxylation is 1. The number of methoxy groups -OCH3 is 1. The van der Waals surface area contributed by atoms with Crippen LogP contribution in [0.15, 0.2) is 18.2 Å². The summed E-state index contributed by atoms with van der Waals surface area (Å²) < 4.78 is 10.9. The van der Waals surface area contributed by atoms with Gasteiger partial charge < -0.3 is 15.2 Å². The molecule has 0 radical (unpaired) electrons. The third-order valence-corrected chi connectivity index (χ3v) is 3.70. The molecule has 1 aromatic carbocycles. The van der Waals surface area contributed by atoms with E-state index in [4.69, 9.17) is 15.2 Å². The van der Waals surface area contributed by atoms with Gasteiger partial charge in [0, 0.05) is 19.2 Å². The van der Waals surface area contributed by atoms with Gasteiger partial charge in [0.2, 0.25) is 0 Å². The van der Waals surface area contributed by atoms with Crippen molar-refractivity contribution in [1.29, 1.82) is 0 Å². The van der Waals surface area contributed by atoms with Crippen LogP contribution in [0.3, 0.4) is 0 Å². The topological polar surface area (TPSA) is 61.5 Å². The molecule has 2 rings (SSSR count). The fourth-order valence-corrected chi connectivity index (χ4v) is 2.41. The summed E-state index contributed by atoms with van der Waals surface area (Å²) in [6.07, 6.45) is 3.92. The lowest BCUT2D eigenvalue weighted by Gasteiger charge is -2.27. The maximum atomic E-state index is 12.1. The maximum absolute atomic E-state index is 12.1. The number of nitrogen functional groups attached to an aromatic ring is 1. The number of carbonyl (C=O) groups excluding carboxylic acids is 1. The molecule has 2 unspecified atom stereocenters. The van der Waals surface area contributed by atoms with E-state index in [-0.39, 0.29) is 18.2 Å². The number of nitrogens with two attached hydrogens (primary N) is 1. The Kier molecular flexibility index (Phi) is 4.43. The zero-order valence-corrected chi connectivity index (χ0v) is 11.5. The summed E-state index contributed by atoms with van der Waals surface area (Å²) in [6, 6.07) is 5.27. The quantitative estimate of drug-likeness (QED) is 0.672. The number of anilines is 1. The van der Waals surface area contributed by atoms with Crippen LogP contribution < -0.4 is 5.73 Å². The number of benzene rings is 1. The minimum atomic E-state index is -0.298. The zero-order valence-electron chi connectivity index (χ0n) is 11.5. The van der Waals surface area contributed by atoms with Gasteiger partial charge in [0.15, 0.2) is 0 Å². The van der Waals surface area contributed by atoms with E-state index >= 15 is 0 Å². The molecule has 104 valence electrons. The summed E-state index contributed by atoms with van der Waals surface area (Å²) in [7, 11) is 1.70. The maximum Gasteiger partial charge on any atom is 0.338 e. The number of hydrogen-bond donors (Lipinski definition) is 1. The van der Waals surface area contributed by atoms with Gasteiger partial charge in [0.05, 0.1) is 11.7 Å². The number of carbonyl (C=O) groups is 1. The Bertz CT molecular complexity index is 459. The van der Waals surface area contributed by atoms with Crippen molar-refractivity contribution in [2.45, 2.75) is 44.8 Å². The first-order valence-electron chi connectivity index (χ1n) is 6.70. The number of ether oxygens (including phenoxy) is 2. The second-order valence-electron chi connectivity index (χ2n) is 5.12. The highest BCUT2D eigenvalue weighted by Crippen LogP contribution is 2.24. The minimum Gasteiger partial charge on any atom is -0.459 e. The summed E-state index contributed by atoms with van der Waals surface area (Å²) in [6.45, 7) is 1.91. The zero-order chi connectivity index (χ0) is 13.8. The van der Waals surface area contributed by atoms with Crippen LogP contribution in [0.5, 0.6) is 0 Å². The largest absolute Gasteiger partial charge is 0.459 e. The molecule has 4 heteroatoms. The molecular weight excluding hydrogens is 242 g/mol. The molecule has 0 aliphatic heterocycles. The van der Waals surface area contributed by atoms with Crippen LogP contribution in [0.2, 0.25) is 0 Å². The molecule has 0 heterocycles. The van der Waals surface area contributed by atoms with E-state index in [1.807, 2.05) is 13.0 Å². The van der Waals surface area contributed by atoms with Crippen molar-refractivity contribution < 1.29 is 14.3 Å². The lowest BCUT2D eigenvalue weighted by molar-refractivity contribution is -0.0149. The van der Waals surface area contributed by atoms with Crippen LogP contribution in [0, 0.1) is 6.92 Å². The Morgan fingerprint density at radius 2 is 2.05 bits per heavy atom. The van der Waals surface area contributed by atoms with Gasteiger partial charge in [-0.15, -0.1) is 0 Å². The smallest absolute Gasteiger partial charge is 0.338 e. The fraction of sp³-hybridized carbons (Fsp3) is 0.533. The van der Waals surface area contributed by atoms with E-state index in [0.29, 0.717) is 11.3 Å². The standard InChI is InChI=1S/C15H21NO3/c1-10-6-7-11(8-14(10)16)15(17)19-13-5-3-4-12(9-13)18-2/h6-8,12-13H,3-5,9,16H2,1-2H3. The molecule has 0 bridgehead atoms. The van der Waals surface area contributed by atoms with E-state index < -0.39 is 0 Å². The first-order chi connectivity index (χ1) is 9.10. The average molecular weight is 263 g/mol. The molecule has 2 atom stereocenters. The lowest BCUT2D eigenvalue weighted by Crippen LogP contribution is -2.29. The van der Waals surface area contributed by atoms with Crippen molar-refractivity contribution >= 4 is 11.7 Å². The fourth-order valence-electron chi connectivity index (χ4n) is 2.41. The van der Waals surface area contributed by atoms with E-state index in [0.717, 1.165) is 31.2 Å². The molecule has 4 nitrogen and oxygen atoms in total. The van der Waals surface area contributed by atoms with Gasteiger partial charge in [-0.2, -0.15) is 0 Å². The van der Waals surface area contributed by atoms with Gasteiger partial charge in [-0.1, -0.05) is 6.07 Å². The SMILES string of the molecule is COC1CCCC(OC(=O)c2ccc(C)c(N)c2)C1. The molecule has 1 saturated carbocycles. The van der Waals surface area contributed by atoms with Crippen LogP contribution in [-0.2, 0) is 9.47 Å². The molecule has 0 spiro atoms. The number of rotatable bonds is 3. The van der Waals surface area contributed by atoms with E-state index in [1.54, 1.807) is 19.2 Å². The molecular formula is C15H21NO3. The predicted molar refractivity (Wildman–Crippen MR) is 74.1 cm³/mol. The van der Waals surface area contributed by atoms with Crippen molar-refractivity contribution in [3.8, 4) is 0 Å². The molecule has 0 aromatic heterocycles. The third kappa shape index (κ3) is 3.47. The van der Waals surface area contributed by atoms with Gasteiger partial charge in [-0.3, -0.25) is 0 Å². The predicted octanol–water partition coefficient (Wildman–Crippen LogP) is 2.69. The first-order valence-corrected chi connectivity index (χ1v) is 6.70. The Morgan fingerprint density at radius 3 is 2.74 bits per heavy atom. The second kappa shape index (κ2) is 6.06. The number of esters is 1. The number of hydrogen-bond acceptors (Lipinski definition) is 4. The Balaban J connectivity index is 1.98. The lowest BCUT2D eigenvalue weighted by atomic mass is 9.95. The van der Waals surface area contributed by atoms with Crippen LogP contribution in [0.4, 0.5) is 5.69 Å². The monoisotopic (exact) mass is 263 g/mol. The van der Waals surface area contributed by atoms with Crippen LogP contribution in [-0.4, -0.2) is 25.3 Å². The highest BCUT2D eigenvalue weighted by atomic mass is 16.5. The summed E-state index contributed by atoms with van der Waals surface area (Å²) in [5.74, 6) is -0.298. The molecule has 2 N–H and O–H groups in total.